The van der Waals surface area contributed by atoms with Gasteiger partial charge in [0.2, 0.25) is 0 Å². The molecule has 1 N–H and O–H groups in total. The van der Waals surface area contributed by atoms with Gasteiger partial charge in [-0.05, 0) is 12.3 Å². The second-order valence-electron chi connectivity index (χ2n) is 4.16. The third-order valence-corrected chi connectivity index (χ3v) is 2.83. The highest BCUT2D eigenvalue weighted by atomic mass is 19.4. The van der Waals surface area contributed by atoms with Crippen LogP contribution in [0.3, 0.4) is 0 Å². The molecule has 100 valence electrons. The zero-order valence-corrected chi connectivity index (χ0v) is 8.97. The highest BCUT2D eigenvalue weighted by Crippen LogP contribution is 2.37. The van der Waals surface area contributed by atoms with E-state index < -0.39 is 30.7 Å². The zero-order chi connectivity index (χ0) is 13.4. The van der Waals surface area contributed by atoms with E-state index in [9.17, 15) is 31.9 Å². The molecule has 1 rings (SSSR count). The lowest BCUT2D eigenvalue weighted by atomic mass is 9.95. The molecule has 0 bridgehead atoms. The third-order valence-electron chi connectivity index (χ3n) is 2.83. The first-order chi connectivity index (χ1) is 7.57. The zero-order valence-electron chi connectivity index (χ0n) is 8.97. The van der Waals surface area contributed by atoms with E-state index in [-0.39, 0.29) is 18.9 Å². The number of hydrogen-bond acceptors (Lipinski definition) is 2. The number of carbonyl (C=O) groups excluding carboxylic acids is 1. The van der Waals surface area contributed by atoms with Gasteiger partial charge in [0.15, 0.2) is 0 Å². The summed E-state index contributed by atoms with van der Waals surface area (Å²) in [6, 6.07) is 0. The number of hydrogen-bond donors (Lipinski definition) is 1. The molecule has 1 saturated heterocycles. The summed E-state index contributed by atoms with van der Waals surface area (Å²) in [6.45, 7) is 0.933. The van der Waals surface area contributed by atoms with Crippen molar-refractivity contribution in [1.82, 2.24) is 4.90 Å². The SMILES string of the molecule is CC1CCN(C(=O)C(F)(F)C(F)(F)F)CC1O. The number of amides is 1. The van der Waals surface area contributed by atoms with Crippen LogP contribution >= 0.6 is 0 Å². The van der Waals surface area contributed by atoms with Gasteiger partial charge in [-0.1, -0.05) is 6.92 Å². The number of nitrogens with zero attached hydrogens (tertiary/aromatic N) is 1. The molecular formula is C9H12F5NO2. The predicted molar refractivity (Wildman–Crippen MR) is 47.4 cm³/mol. The largest absolute Gasteiger partial charge is 0.463 e. The smallest absolute Gasteiger partial charge is 0.391 e. The van der Waals surface area contributed by atoms with Crippen molar-refractivity contribution in [3.05, 3.63) is 0 Å². The fourth-order valence-electron chi connectivity index (χ4n) is 1.55. The van der Waals surface area contributed by atoms with E-state index in [1.807, 2.05) is 0 Å². The highest BCUT2D eigenvalue weighted by Gasteiger charge is 2.64. The monoisotopic (exact) mass is 261 g/mol. The van der Waals surface area contributed by atoms with Gasteiger partial charge in [-0.15, -0.1) is 0 Å². The maximum atomic E-state index is 12.7. The Bertz CT molecular complexity index is 304. The summed E-state index contributed by atoms with van der Waals surface area (Å²) >= 11 is 0. The van der Waals surface area contributed by atoms with E-state index in [0.29, 0.717) is 4.90 Å². The average Bonchev–Trinajstić information content (AvgIpc) is 2.19. The van der Waals surface area contributed by atoms with E-state index in [1.54, 1.807) is 6.92 Å². The van der Waals surface area contributed by atoms with Crippen molar-refractivity contribution < 1.29 is 31.9 Å². The molecule has 1 fully saturated rings. The van der Waals surface area contributed by atoms with E-state index in [0.717, 1.165) is 0 Å². The molecule has 0 aromatic carbocycles. The molecule has 2 unspecified atom stereocenters. The Kier molecular flexibility index (Phi) is 3.66. The van der Waals surface area contributed by atoms with Gasteiger partial charge in [0.25, 0.3) is 0 Å². The summed E-state index contributed by atoms with van der Waals surface area (Å²) in [4.78, 5) is 11.4. The Morgan fingerprint density at radius 3 is 2.24 bits per heavy atom. The van der Waals surface area contributed by atoms with Crippen LogP contribution in [-0.4, -0.2) is 47.2 Å². The van der Waals surface area contributed by atoms with Crippen molar-refractivity contribution in [3.63, 3.8) is 0 Å². The van der Waals surface area contributed by atoms with Gasteiger partial charge < -0.3 is 10.0 Å². The van der Waals surface area contributed by atoms with Crippen LogP contribution in [0, 0.1) is 5.92 Å². The normalized spacial score (nSPS) is 27.1. The molecule has 0 spiro atoms. The summed E-state index contributed by atoms with van der Waals surface area (Å²) in [5.74, 6) is -7.91. The Labute approximate surface area is 94.2 Å². The molecule has 0 aliphatic carbocycles. The van der Waals surface area contributed by atoms with Crippen LogP contribution in [0.25, 0.3) is 0 Å². The van der Waals surface area contributed by atoms with E-state index in [4.69, 9.17) is 0 Å². The number of carbonyl (C=O) groups is 1. The second-order valence-corrected chi connectivity index (χ2v) is 4.16. The van der Waals surface area contributed by atoms with Crippen molar-refractivity contribution in [3.8, 4) is 0 Å². The molecule has 8 heteroatoms. The summed E-state index contributed by atoms with van der Waals surface area (Å²) in [5, 5.41) is 9.35. The number of likely N-dealkylation sites (tertiary alicyclic amines) is 1. The van der Waals surface area contributed by atoms with Crippen LogP contribution in [0.1, 0.15) is 13.3 Å². The number of aliphatic hydroxyl groups excluding tert-OH is 1. The van der Waals surface area contributed by atoms with Gasteiger partial charge in [0.05, 0.1) is 6.10 Å². The first kappa shape index (κ1) is 14.1. The minimum absolute atomic E-state index is 0.195. The minimum Gasteiger partial charge on any atom is -0.391 e. The van der Waals surface area contributed by atoms with Crippen molar-refractivity contribution in [2.24, 2.45) is 5.92 Å². The van der Waals surface area contributed by atoms with Gasteiger partial charge in [0, 0.05) is 13.1 Å². The number of aliphatic hydroxyl groups is 1. The van der Waals surface area contributed by atoms with Crippen molar-refractivity contribution in [2.45, 2.75) is 31.5 Å². The fraction of sp³-hybridized carbons (Fsp3) is 0.889. The van der Waals surface area contributed by atoms with Crippen LogP contribution in [0.15, 0.2) is 0 Å². The highest BCUT2D eigenvalue weighted by molar-refractivity contribution is 5.84. The Balaban J connectivity index is 2.78. The first-order valence-electron chi connectivity index (χ1n) is 4.99. The van der Waals surface area contributed by atoms with Crippen LogP contribution in [-0.2, 0) is 4.79 Å². The van der Waals surface area contributed by atoms with Crippen LogP contribution in [0.2, 0.25) is 0 Å². The lowest BCUT2D eigenvalue weighted by molar-refractivity contribution is -0.275. The number of rotatable bonds is 1. The van der Waals surface area contributed by atoms with E-state index in [2.05, 4.69) is 0 Å². The Morgan fingerprint density at radius 2 is 1.82 bits per heavy atom. The number of halogens is 5. The van der Waals surface area contributed by atoms with Crippen LogP contribution in [0.5, 0.6) is 0 Å². The molecule has 1 aliphatic rings. The number of β-amino-alcohol motifs (C(OH)–C–C–N with tert-alkyl or cyclic N) is 1. The molecule has 0 radical (unpaired) electrons. The first-order valence-corrected chi connectivity index (χ1v) is 4.99. The molecule has 0 saturated carbocycles. The van der Waals surface area contributed by atoms with Gasteiger partial charge >= 0.3 is 18.0 Å². The lowest BCUT2D eigenvalue weighted by Gasteiger charge is -2.36. The standard InChI is InChI=1S/C9H12F5NO2/c1-5-2-3-15(4-6(5)16)7(17)8(10,11)9(12,13)14/h5-6,16H,2-4H2,1H3. The van der Waals surface area contributed by atoms with Crippen LogP contribution < -0.4 is 0 Å². The lowest BCUT2D eigenvalue weighted by Crippen LogP contribution is -2.56. The Morgan fingerprint density at radius 1 is 1.29 bits per heavy atom. The van der Waals surface area contributed by atoms with Gasteiger partial charge in [0.1, 0.15) is 0 Å². The molecule has 1 amide bonds. The molecule has 2 atom stereocenters. The van der Waals surface area contributed by atoms with Crippen LogP contribution in [0.4, 0.5) is 22.0 Å². The van der Waals surface area contributed by atoms with E-state index in [1.165, 1.54) is 0 Å². The molecule has 3 nitrogen and oxygen atoms in total. The third kappa shape index (κ3) is 2.67. The molecule has 1 aliphatic heterocycles. The van der Waals surface area contributed by atoms with Crippen molar-refractivity contribution in [1.29, 1.82) is 0 Å². The topological polar surface area (TPSA) is 40.5 Å². The summed E-state index contributed by atoms with van der Waals surface area (Å²) in [7, 11) is 0. The summed E-state index contributed by atoms with van der Waals surface area (Å²) in [5.41, 5.74) is 0. The summed E-state index contributed by atoms with van der Waals surface area (Å²) < 4.78 is 61.3. The van der Waals surface area contributed by atoms with Gasteiger partial charge in [-0.3, -0.25) is 4.79 Å². The number of alkyl halides is 5. The van der Waals surface area contributed by atoms with Crippen molar-refractivity contribution in [2.75, 3.05) is 13.1 Å². The minimum atomic E-state index is -5.90. The van der Waals surface area contributed by atoms with Crippen molar-refractivity contribution >= 4 is 5.91 Å². The maximum absolute atomic E-state index is 12.7. The number of piperidine rings is 1. The van der Waals surface area contributed by atoms with Gasteiger partial charge in [-0.2, -0.15) is 22.0 Å². The van der Waals surface area contributed by atoms with E-state index >= 15 is 0 Å². The predicted octanol–water partition coefficient (Wildman–Crippen LogP) is 1.41. The molecular weight excluding hydrogens is 249 g/mol. The Hall–Kier alpha value is -0.920. The maximum Gasteiger partial charge on any atom is 0.463 e. The molecule has 1 heterocycles. The van der Waals surface area contributed by atoms with Gasteiger partial charge in [-0.25, -0.2) is 0 Å². The summed E-state index contributed by atoms with van der Waals surface area (Å²) in [6.07, 6.45) is -6.78. The molecule has 0 aromatic rings. The quantitative estimate of drug-likeness (QED) is 0.725. The fourth-order valence-corrected chi connectivity index (χ4v) is 1.55. The second kappa shape index (κ2) is 4.40. The average molecular weight is 261 g/mol. The molecule has 17 heavy (non-hydrogen) atoms. The molecule has 0 aromatic heterocycles.